The number of carbonyl (C=O) groups excluding carboxylic acids is 1. The smallest absolute Gasteiger partial charge is 0.251 e. The van der Waals surface area contributed by atoms with Gasteiger partial charge in [0.2, 0.25) is 0 Å². The topological polar surface area (TPSA) is 62.5 Å². The zero-order valence-corrected chi connectivity index (χ0v) is 16.9. The SMILES string of the molecule is O=C(NC1CCC2CC3CC(O)(C2)CC31)c1ccc2oc3ccc(Cl)cc3c2c1. The van der Waals surface area contributed by atoms with Crippen molar-refractivity contribution in [2.24, 2.45) is 17.8 Å². The number of furan rings is 1. The molecule has 3 aromatic rings. The summed E-state index contributed by atoms with van der Waals surface area (Å²) in [4.78, 5) is 13.1. The van der Waals surface area contributed by atoms with Crippen LogP contribution in [0, 0.1) is 17.8 Å². The third kappa shape index (κ3) is 2.88. The van der Waals surface area contributed by atoms with E-state index in [1.165, 1.54) is 6.42 Å². The van der Waals surface area contributed by atoms with Crippen molar-refractivity contribution in [1.82, 2.24) is 5.32 Å². The van der Waals surface area contributed by atoms with Crippen molar-refractivity contribution in [3.8, 4) is 0 Å². The highest BCUT2D eigenvalue weighted by atomic mass is 35.5. The van der Waals surface area contributed by atoms with Gasteiger partial charge in [-0.3, -0.25) is 4.79 Å². The van der Waals surface area contributed by atoms with E-state index < -0.39 is 5.60 Å². The normalized spacial score (nSPS) is 33.3. The van der Waals surface area contributed by atoms with E-state index in [-0.39, 0.29) is 11.9 Å². The molecule has 3 saturated carbocycles. The second-order valence-corrected chi connectivity index (χ2v) is 9.91. The van der Waals surface area contributed by atoms with Gasteiger partial charge in [0.25, 0.3) is 5.91 Å². The highest BCUT2D eigenvalue weighted by Crippen LogP contribution is 2.55. The molecule has 5 unspecified atom stereocenters. The van der Waals surface area contributed by atoms with Gasteiger partial charge in [0.15, 0.2) is 0 Å². The molecule has 0 saturated heterocycles. The molecule has 0 radical (unpaired) electrons. The second kappa shape index (κ2) is 6.23. The maximum absolute atomic E-state index is 13.1. The number of hydrogen-bond acceptors (Lipinski definition) is 3. The van der Waals surface area contributed by atoms with Crippen molar-refractivity contribution >= 4 is 39.4 Å². The van der Waals surface area contributed by atoms with Crippen LogP contribution >= 0.6 is 11.6 Å². The summed E-state index contributed by atoms with van der Waals surface area (Å²) in [6, 6.07) is 11.3. The molecule has 3 fully saturated rings. The first kappa shape index (κ1) is 17.8. The van der Waals surface area contributed by atoms with E-state index in [9.17, 15) is 9.90 Å². The Hall–Kier alpha value is -2.04. The van der Waals surface area contributed by atoms with Crippen LogP contribution in [0.3, 0.4) is 0 Å². The summed E-state index contributed by atoms with van der Waals surface area (Å²) >= 11 is 6.16. The fourth-order valence-electron chi connectivity index (χ4n) is 6.44. The highest BCUT2D eigenvalue weighted by Gasteiger charge is 2.53. The molecule has 4 nitrogen and oxygen atoms in total. The Kier molecular flexibility index (Phi) is 3.82. The van der Waals surface area contributed by atoms with Crippen LogP contribution in [0.5, 0.6) is 0 Å². The zero-order chi connectivity index (χ0) is 19.8. The molecule has 3 bridgehead atoms. The van der Waals surface area contributed by atoms with Gasteiger partial charge in [-0.2, -0.15) is 0 Å². The van der Waals surface area contributed by atoms with E-state index in [0.717, 1.165) is 54.0 Å². The lowest BCUT2D eigenvalue weighted by Gasteiger charge is -2.33. The molecule has 1 amide bonds. The number of halogens is 1. The van der Waals surface area contributed by atoms with Crippen molar-refractivity contribution in [3.05, 3.63) is 47.0 Å². The van der Waals surface area contributed by atoms with Crippen molar-refractivity contribution in [1.29, 1.82) is 0 Å². The number of fused-ring (bicyclic) bond motifs is 5. The third-order valence-corrected chi connectivity index (χ3v) is 7.82. The Morgan fingerprint density at radius 3 is 2.72 bits per heavy atom. The minimum Gasteiger partial charge on any atom is -0.456 e. The molecular weight excluding hydrogens is 386 g/mol. The van der Waals surface area contributed by atoms with Crippen molar-refractivity contribution < 1.29 is 14.3 Å². The first-order valence-corrected chi connectivity index (χ1v) is 11.0. The molecule has 5 atom stereocenters. The standard InChI is InChI=1S/C24H24ClNO3/c25-16-3-6-22-18(9-16)17-8-14(2-5-21(17)29-22)23(27)26-20-4-1-13-7-15-11-24(28,10-13)12-19(15)20/h2-3,5-6,8-9,13,15,19-20,28H,1,4,7,10-12H2,(H,26,27). The first-order valence-electron chi connectivity index (χ1n) is 10.6. The van der Waals surface area contributed by atoms with Crippen LogP contribution in [-0.2, 0) is 0 Å². The van der Waals surface area contributed by atoms with Crippen LogP contribution < -0.4 is 5.32 Å². The molecule has 0 aliphatic heterocycles. The van der Waals surface area contributed by atoms with Gasteiger partial charge >= 0.3 is 0 Å². The molecular formula is C24H24ClNO3. The number of amides is 1. The Balaban J connectivity index is 1.30. The number of aliphatic hydroxyl groups is 1. The lowest BCUT2D eigenvalue weighted by atomic mass is 9.77. The van der Waals surface area contributed by atoms with Gasteiger partial charge in [-0.25, -0.2) is 0 Å². The van der Waals surface area contributed by atoms with E-state index >= 15 is 0 Å². The summed E-state index contributed by atoms with van der Waals surface area (Å²) in [5, 5.41) is 16.7. The van der Waals surface area contributed by atoms with Gasteiger partial charge in [-0.15, -0.1) is 0 Å². The quantitative estimate of drug-likeness (QED) is 0.603. The molecule has 6 rings (SSSR count). The lowest BCUT2D eigenvalue weighted by molar-refractivity contribution is -0.00594. The summed E-state index contributed by atoms with van der Waals surface area (Å²) in [5.41, 5.74) is 1.68. The molecule has 3 aliphatic carbocycles. The average molecular weight is 410 g/mol. The Morgan fingerprint density at radius 1 is 1.07 bits per heavy atom. The number of benzene rings is 2. The molecule has 3 aliphatic rings. The Morgan fingerprint density at radius 2 is 1.86 bits per heavy atom. The fourth-order valence-corrected chi connectivity index (χ4v) is 6.62. The van der Waals surface area contributed by atoms with Gasteiger partial charge in [-0.05, 0) is 92.7 Å². The van der Waals surface area contributed by atoms with Crippen LogP contribution in [0.25, 0.3) is 21.9 Å². The predicted octanol–water partition coefficient (Wildman–Crippen LogP) is 5.30. The fraction of sp³-hybridized carbons (Fsp3) is 0.458. The van der Waals surface area contributed by atoms with Crippen molar-refractivity contribution in [3.63, 3.8) is 0 Å². The summed E-state index contributed by atoms with van der Waals surface area (Å²) in [7, 11) is 0. The summed E-state index contributed by atoms with van der Waals surface area (Å²) < 4.78 is 5.88. The molecule has 29 heavy (non-hydrogen) atoms. The molecule has 1 heterocycles. The minimum absolute atomic E-state index is 0.0403. The summed E-state index contributed by atoms with van der Waals surface area (Å²) in [6.45, 7) is 0. The monoisotopic (exact) mass is 409 g/mol. The van der Waals surface area contributed by atoms with E-state index in [0.29, 0.717) is 28.3 Å². The maximum atomic E-state index is 13.1. The largest absolute Gasteiger partial charge is 0.456 e. The number of carbonyl (C=O) groups is 1. The van der Waals surface area contributed by atoms with Gasteiger partial charge in [0.1, 0.15) is 11.2 Å². The Labute approximate surface area is 174 Å². The van der Waals surface area contributed by atoms with Crippen LogP contribution in [0.15, 0.2) is 40.8 Å². The minimum atomic E-state index is -0.491. The number of hydrogen-bond donors (Lipinski definition) is 2. The van der Waals surface area contributed by atoms with Gasteiger partial charge in [0, 0.05) is 27.4 Å². The lowest BCUT2D eigenvalue weighted by Crippen LogP contribution is -2.41. The molecule has 5 heteroatoms. The van der Waals surface area contributed by atoms with Gasteiger partial charge < -0.3 is 14.8 Å². The van der Waals surface area contributed by atoms with E-state index in [4.69, 9.17) is 16.0 Å². The first-order chi connectivity index (χ1) is 14.0. The molecule has 2 N–H and O–H groups in total. The summed E-state index contributed by atoms with van der Waals surface area (Å²) in [5.74, 6) is 1.52. The molecule has 0 spiro atoms. The molecule has 2 aromatic carbocycles. The zero-order valence-electron chi connectivity index (χ0n) is 16.2. The van der Waals surface area contributed by atoms with Gasteiger partial charge in [-0.1, -0.05) is 11.6 Å². The predicted molar refractivity (Wildman–Crippen MR) is 113 cm³/mol. The van der Waals surface area contributed by atoms with Crippen molar-refractivity contribution in [2.45, 2.75) is 50.2 Å². The molecule has 150 valence electrons. The third-order valence-electron chi connectivity index (χ3n) is 7.58. The average Bonchev–Trinajstić information content (AvgIpc) is 3.13. The van der Waals surface area contributed by atoms with Gasteiger partial charge in [0.05, 0.1) is 5.60 Å². The van der Waals surface area contributed by atoms with E-state index in [1.807, 2.05) is 36.4 Å². The maximum Gasteiger partial charge on any atom is 0.251 e. The highest BCUT2D eigenvalue weighted by molar-refractivity contribution is 6.31. The molecule has 1 aromatic heterocycles. The van der Waals surface area contributed by atoms with E-state index in [1.54, 1.807) is 0 Å². The number of nitrogens with one attached hydrogen (secondary N) is 1. The summed E-state index contributed by atoms with van der Waals surface area (Å²) in [6.07, 6.45) is 6.03. The van der Waals surface area contributed by atoms with Crippen LogP contribution in [-0.4, -0.2) is 22.7 Å². The second-order valence-electron chi connectivity index (χ2n) is 9.47. The van der Waals surface area contributed by atoms with Crippen molar-refractivity contribution in [2.75, 3.05) is 0 Å². The van der Waals surface area contributed by atoms with Crippen LogP contribution in [0.4, 0.5) is 0 Å². The van der Waals surface area contributed by atoms with Crippen LogP contribution in [0.1, 0.15) is 48.9 Å². The van der Waals surface area contributed by atoms with E-state index in [2.05, 4.69) is 5.32 Å². The Bertz CT molecular complexity index is 1140. The van der Waals surface area contributed by atoms with Crippen LogP contribution in [0.2, 0.25) is 5.02 Å². The number of rotatable bonds is 2.